The fraction of sp³-hybridized carbons (Fsp3) is 0.550. The maximum Gasteiger partial charge on any atom is 0.245 e. The van der Waals surface area contributed by atoms with Crippen molar-refractivity contribution in [1.82, 2.24) is 20.2 Å². The van der Waals surface area contributed by atoms with E-state index in [0.717, 1.165) is 36.3 Å². The van der Waals surface area contributed by atoms with Gasteiger partial charge in [-0.15, -0.1) is 11.3 Å². The van der Waals surface area contributed by atoms with Gasteiger partial charge in [0.15, 0.2) is 0 Å². The third-order valence-electron chi connectivity index (χ3n) is 5.19. The van der Waals surface area contributed by atoms with Gasteiger partial charge in [0.25, 0.3) is 0 Å². The van der Waals surface area contributed by atoms with Crippen molar-refractivity contribution in [2.75, 3.05) is 6.54 Å². The summed E-state index contributed by atoms with van der Waals surface area (Å²) >= 11 is 1.64. The maximum absolute atomic E-state index is 13.2. The van der Waals surface area contributed by atoms with E-state index in [1.165, 1.54) is 6.42 Å². The lowest BCUT2D eigenvalue weighted by Gasteiger charge is -2.28. The van der Waals surface area contributed by atoms with E-state index in [9.17, 15) is 9.59 Å². The first-order valence-corrected chi connectivity index (χ1v) is 10.6. The van der Waals surface area contributed by atoms with Gasteiger partial charge in [-0.3, -0.25) is 9.59 Å². The zero-order valence-electron chi connectivity index (χ0n) is 15.8. The van der Waals surface area contributed by atoms with Crippen LogP contribution in [0.2, 0.25) is 0 Å². The minimum absolute atomic E-state index is 0.0136. The largest absolute Gasteiger partial charge is 0.348 e. The average Bonchev–Trinajstić information content (AvgIpc) is 3.39. The molecule has 1 saturated carbocycles. The Morgan fingerprint density at radius 3 is 2.81 bits per heavy atom. The molecule has 0 saturated heterocycles. The Morgan fingerprint density at radius 1 is 1.37 bits per heavy atom. The zero-order valence-corrected chi connectivity index (χ0v) is 16.6. The fourth-order valence-electron chi connectivity index (χ4n) is 3.63. The van der Waals surface area contributed by atoms with Crippen LogP contribution in [-0.2, 0) is 22.6 Å². The summed E-state index contributed by atoms with van der Waals surface area (Å²) in [5, 5.41) is 5.06. The van der Waals surface area contributed by atoms with Crippen molar-refractivity contribution in [3.63, 3.8) is 0 Å². The van der Waals surface area contributed by atoms with Crippen LogP contribution in [0.4, 0.5) is 0 Å². The highest BCUT2D eigenvalue weighted by Crippen LogP contribution is 2.24. The molecule has 2 aromatic heterocycles. The summed E-state index contributed by atoms with van der Waals surface area (Å²) in [6.45, 7) is 3.16. The molecule has 0 aliphatic heterocycles. The predicted octanol–water partition coefficient (Wildman–Crippen LogP) is 3.13. The standard InChI is InChI=1S/C20H28N4O2S/c1-2-24(13-17-9-6-10-27-17)20(26)18(11-16-12-21-14-22-16)23-19(25)15-7-4-3-5-8-15/h6,9-10,12,14-15,18H,2-5,7-8,11,13H2,1H3,(H,21,22)(H,23,25). The highest BCUT2D eigenvalue weighted by atomic mass is 32.1. The molecule has 0 spiro atoms. The van der Waals surface area contributed by atoms with Gasteiger partial charge in [-0.1, -0.05) is 25.3 Å². The van der Waals surface area contributed by atoms with E-state index >= 15 is 0 Å². The molecule has 1 fully saturated rings. The van der Waals surface area contributed by atoms with Gasteiger partial charge in [0, 0.05) is 35.7 Å². The van der Waals surface area contributed by atoms with E-state index in [1.807, 2.05) is 29.3 Å². The molecule has 2 amide bonds. The minimum Gasteiger partial charge on any atom is -0.348 e. The number of nitrogens with one attached hydrogen (secondary N) is 2. The molecule has 1 aliphatic carbocycles. The van der Waals surface area contributed by atoms with E-state index in [2.05, 4.69) is 15.3 Å². The highest BCUT2D eigenvalue weighted by Gasteiger charge is 2.29. The van der Waals surface area contributed by atoms with Gasteiger partial charge < -0.3 is 15.2 Å². The van der Waals surface area contributed by atoms with Crippen LogP contribution in [0.3, 0.4) is 0 Å². The van der Waals surface area contributed by atoms with Gasteiger partial charge in [0.1, 0.15) is 6.04 Å². The Hall–Kier alpha value is -2.15. The Kier molecular flexibility index (Phi) is 7.04. The van der Waals surface area contributed by atoms with Crippen LogP contribution in [0.1, 0.15) is 49.6 Å². The topological polar surface area (TPSA) is 78.1 Å². The Balaban J connectivity index is 1.71. The smallest absolute Gasteiger partial charge is 0.245 e. The number of imidazole rings is 1. The van der Waals surface area contributed by atoms with E-state index in [1.54, 1.807) is 23.9 Å². The summed E-state index contributed by atoms with van der Waals surface area (Å²) < 4.78 is 0. The summed E-state index contributed by atoms with van der Waals surface area (Å²) in [6, 6.07) is 3.45. The molecule has 1 aliphatic rings. The molecule has 1 unspecified atom stereocenters. The number of thiophene rings is 1. The van der Waals surface area contributed by atoms with Gasteiger partial charge in [-0.25, -0.2) is 4.98 Å². The maximum atomic E-state index is 13.2. The zero-order chi connectivity index (χ0) is 19.1. The molecule has 6 nitrogen and oxygen atoms in total. The number of rotatable bonds is 8. The lowest BCUT2D eigenvalue weighted by Crippen LogP contribution is -2.51. The lowest BCUT2D eigenvalue weighted by atomic mass is 9.88. The minimum atomic E-state index is -0.570. The van der Waals surface area contributed by atoms with Crippen LogP contribution >= 0.6 is 11.3 Å². The van der Waals surface area contributed by atoms with Crippen molar-refractivity contribution >= 4 is 23.2 Å². The molecule has 3 rings (SSSR count). The van der Waals surface area contributed by atoms with Crippen molar-refractivity contribution in [1.29, 1.82) is 0 Å². The normalized spacial score (nSPS) is 16.0. The van der Waals surface area contributed by atoms with Crippen LogP contribution in [0.25, 0.3) is 0 Å². The summed E-state index contributed by atoms with van der Waals surface area (Å²) in [6.07, 6.45) is 8.97. The third-order valence-corrected chi connectivity index (χ3v) is 6.05. The van der Waals surface area contributed by atoms with Gasteiger partial charge in [0.05, 0.1) is 12.9 Å². The summed E-state index contributed by atoms with van der Waals surface area (Å²) in [5.74, 6) is 0.00703. The molecule has 2 aromatic rings. The Bertz CT molecular complexity index is 708. The molecule has 2 N–H and O–H groups in total. The van der Waals surface area contributed by atoms with Crippen LogP contribution in [0.15, 0.2) is 30.0 Å². The van der Waals surface area contributed by atoms with Crippen LogP contribution in [0.5, 0.6) is 0 Å². The van der Waals surface area contributed by atoms with Crippen molar-refractivity contribution in [3.05, 3.63) is 40.6 Å². The number of amides is 2. The molecule has 2 heterocycles. The number of nitrogens with zero attached hydrogens (tertiary/aromatic N) is 2. The molecule has 0 radical (unpaired) electrons. The first-order valence-electron chi connectivity index (χ1n) is 9.76. The number of carbonyl (C=O) groups is 2. The second-order valence-corrected chi connectivity index (χ2v) is 8.14. The van der Waals surface area contributed by atoms with Crippen LogP contribution in [-0.4, -0.2) is 39.3 Å². The first kappa shape index (κ1) is 19.6. The van der Waals surface area contributed by atoms with Gasteiger partial charge in [-0.05, 0) is 31.2 Å². The number of hydrogen-bond acceptors (Lipinski definition) is 4. The molecule has 7 heteroatoms. The number of aromatic nitrogens is 2. The monoisotopic (exact) mass is 388 g/mol. The number of H-pyrrole nitrogens is 1. The Labute approximate surface area is 164 Å². The van der Waals surface area contributed by atoms with Crippen molar-refractivity contribution in [3.8, 4) is 0 Å². The quantitative estimate of drug-likeness (QED) is 0.729. The van der Waals surface area contributed by atoms with Crippen molar-refractivity contribution in [2.24, 2.45) is 5.92 Å². The Morgan fingerprint density at radius 2 is 2.19 bits per heavy atom. The number of aromatic amines is 1. The summed E-state index contributed by atoms with van der Waals surface area (Å²) in [5.41, 5.74) is 0.851. The predicted molar refractivity (Wildman–Crippen MR) is 106 cm³/mol. The second-order valence-electron chi connectivity index (χ2n) is 7.11. The molecule has 0 aromatic carbocycles. The lowest BCUT2D eigenvalue weighted by molar-refractivity contribution is -0.138. The highest BCUT2D eigenvalue weighted by molar-refractivity contribution is 7.09. The SMILES string of the molecule is CCN(Cc1cccs1)C(=O)C(Cc1cnc[nH]1)NC(=O)C1CCCCC1. The van der Waals surface area contributed by atoms with E-state index in [0.29, 0.717) is 19.5 Å². The fourth-order valence-corrected chi connectivity index (χ4v) is 4.35. The van der Waals surface area contributed by atoms with Gasteiger partial charge in [0.2, 0.25) is 11.8 Å². The first-order chi connectivity index (χ1) is 13.2. The average molecular weight is 389 g/mol. The molecule has 146 valence electrons. The van der Waals surface area contributed by atoms with Crippen LogP contribution < -0.4 is 5.32 Å². The number of carbonyl (C=O) groups excluding carboxylic acids is 2. The van der Waals surface area contributed by atoms with Gasteiger partial charge in [-0.2, -0.15) is 0 Å². The molecule has 0 bridgehead atoms. The van der Waals surface area contributed by atoms with E-state index in [-0.39, 0.29) is 17.7 Å². The number of hydrogen-bond donors (Lipinski definition) is 2. The van der Waals surface area contributed by atoms with Crippen molar-refractivity contribution < 1.29 is 9.59 Å². The van der Waals surface area contributed by atoms with E-state index < -0.39 is 6.04 Å². The van der Waals surface area contributed by atoms with Crippen molar-refractivity contribution in [2.45, 2.75) is 58.0 Å². The summed E-state index contributed by atoms with van der Waals surface area (Å²) in [7, 11) is 0. The molecule has 27 heavy (non-hydrogen) atoms. The summed E-state index contributed by atoms with van der Waals surface area (Å²) in [4.78, 5) is 36.0. The molecular weight excluding hydrogens is 360 g/mol. The second kappa shape index (κ2) is 9.69. The number of likely N-dealkylation sites (N-methyl/N-ethyl adjacent to an activating group) is 1. The third kappa shape index (κ3) is 5.42. The molecule has 1 atom stereocenters. The van der Waals surface area contributed by atoms with E-state index in [4.69, 9.17) is 0 Å². The van der Waals surface area contributed by atoms with Gasteiger partial charge >= 0.3 is 0 Å². The molecular formula is C20H28N4O2S. The van der Waals surface area contributed by atoms with Crippen LogP contribution in [0, 0.1) is 5.92 Å².